The third kappa shape index (κ3) is 2.55. The van der Waals surface area contributed by atoms with Crippen LogP contribution < -0.4 is 0 Å². The number of para-hydroxylation sites is 3. The van der Waals surface area contributed by atoms with Gasteiger partial charge in [-0.1, -0.05) is 78.4 Å². The minimum atomic E-state index is 1.18. The number of nitrogens with zero attached hydrogens (tertiary/aromatic N) is 2. The summed E-state index contributed by atoms with van der Waals surface area (Å²) in [5, 5.41) is 5.13. The summed E-state index contributed by atoms with van der Waals surface area (Å²) in [7, 11) is 0. The lowest BCUT2D eigenvalue weighted by molar-refractivity contribution is 1.15. The fourth-order valence-electron chi connectivity index (χ4n) is 5.36. The first-order chi connectivity index (χ1) is 16.3. The highest BCUT2D eigenvalue weighted by atomic mass is 15.0. The molecule has 0 saturated heterocycles. The van der Waals surface area contributed by atoms with Crippen LogP contribution in [0.1, 0.15) is 5.56 Å². The smallest absolute Gasteiger partial charge is 0.0788 e. The first-order valence-corrected chi connectivity index (χ1v) is 11.4. The number of hydrogen-bond acceptors (Lipinski definition) is 0. The molecule has 0 saturated carbocycles. The Morgan fingerprint density at radius 2 is 0.939 bits per heavy atom. The van der Waals surface area contributed by atoms with Crippen molar-refractivity contribution in [1.82, 2.24) is 9.13 Å². The van der Waals surface area contributed by atoms with E-state index in [0.717, 1.165) is 0 Å². The second kappa shape index (κ2) is 6.85. The number of hydrogen-bond donors (Lipinski definition) is 0. The van der Waals surface area contributed by atoms with E-state index in [4.69, 9.17) is 0 Å². The number of aromatic nitrogens is 2. The number of aryl methyl sites for hydroxylation is 1. The van der Waals surface area contributed by atoms with Gasteiger partial charge in [0.2, 0.25) is 0 Å². The van der Waals surface area contributed by atoms with Crippen molar-refractivity contribution < 1.29 is 0 Å². The molecule has 0 amide bonds. The molecule has 0 aliphatic heterocycles. The molecule has 7 rings (SSSR count). The predicted molar refractivity (Wildman–Crippen MR) is 140 cm³/mol. The van der Waals surface area contributed by atoms with Crippen LogP contribution in [0.25, 0.3) is 55.0 Å². The van der Waals surface area contributed by atoms with Crippen molar-refractivity contribution in [3.8, 4) is 11.4 Å². The highest BCUT2D eigenvalue weighted by Crippen LogP contribution is 2.41. The molecule has 5 aromatic carbocycles. The quantitative estimate of drug-likeness (QED) is 0.266. The maximum atomic E-state index is 2.44. The van der Waals surface area contributed by atoms with Crippen LogP contribution >= 0.6 is 0 Å². The number of benzene rings is 5. The van der Waals surface area contributed by atoms with Crippen LogP contribution in [-0.2, 0) is 0 Å². The summed E-state index contributed by atoms with van der Waals surface area (Å²) in [5.74, 6) is 0. The summed E-state index contributed by atoms with van der Waals surface area (Å²) in [6, 6.07) is 41.6. The molecule has 0 bridgehead atoms. The predicted octanol–water partition coefficient (Wildman–Crippen LogP) is 8.19. The Hall–Kier alpha value is -4.30. The molecule has 0 atom stereocenters. The molecule has 2 nitrogen and oxygen atoms in total. The van der Waals surface area contributed by atoms with Gasteiger partial charge in [0.15, 0.2) is 0 Å². The molecule has 2 aromatic heterocycles. The van der Waals surface area contributed by atoms with E-state index in [9.17, 15) is 0 Å². The number of rotatable bonds is 2. The second-order valence-corrected chi connectivity index (χ2v) is 8.74. The van der Waals surface area contributed by atoms with E-state index in [2.05, 4.69) is 131 Å². The molecule has 2 heteroatoms. The zero-order chi connectivity index (χ0) is 21.9. The average molecular weight is 423 g/mol. The van der Waals surface area contributed by atoms with Gasteiger partial charge in [-0.2, -0.15) is 0 Å². The van der Waals surface area contributed by atoms with Gasteiger partial charge >= 0.3 is 0 Å². The Kier molecular flexibility index (Phi) is 3.80. The molecule has 0 fully saturated rings. The monoisotopic (exact) mass is 422 g/mol. The van der Waals surface area contributed by atoms with Crippen LogP contribution in [0.15, 0.2) is 115 Å². The lowest BCUT2D eigenvalue weighted by Crippen LogP contribution is -1.98. The van der Waals surface area contributed by atoms with Crippen LogP contribution in [0.3, 0.4) is 0 Å². The highest BCUT2D eigenvalue weighted by Gasteiger charge is 2.20. The second-order valence-electron chi connectivity index (χ2n) is 8.74. The number of fused-ring (bicyclic) bond motifs is 7. The van der Waals surface area contributed by atoms with Gasteiger partial charge in [-0.05, 0) is 49.4 Å². The van der Waals surface area contributed by atoms with Crippen molar-refractivity contribution in [3.05, 3.63) is 121 Å². The molecule has 0 unspecified atom stereocenters. The van der Waals surface area contributed by atoms with Gasteiger partial charge in [0.25, 0.3) is 0 Å². The van der Waals surface area contributed by atoms with Gasteiger partial charge < -0.3 is 9.13 Å². The maximum Gasteiger partial charge on any atom is 0.0788 e. The van der Waals surface area contributed by atoms with Crippen LogP contribution in [0.4, 0.5) is 0 Å². The molecule has 0 N–H and O–H groups in total. The van der Waals surface area contributed by atoms with E-state index < -0.39 is 0 Å². The highest BCUT2D eigenvalue weighted by molar-refractivity contribution is 6.23. The van der Waals surface area contributed by atoms with E-state index in [-0.39, 0.29) is 0 Å². The van der Waals surface area contributed by atoms with Crippen molar-refractivity contribution in [1.29, 1.82) is 0 Å². The van der Waals surface area contributed by atoms with Crippen LogP contribution in [0, 0.1) is 6.92 Å². The summed E-state index contributed by atoms with van der Waals surface area (Å²) in [4.78, 5) is 0. The zero-order valence-electron chi connectivity index (χ0n) is 18.4. The summed E-state index contributed by atoms with van der Waals surface area (Å²) in [6.45, 7) is 2.17. The fraction of sp³-hybridized carbons (Fsp3) is 0.0323. The summed E-state index contributed by atoms with van der Waals surface area (Å²) in [5.41, 5.74) is 8.60. The van der Waals surface area contributed by atoms with Crippen molar-refractivity contribution in [2.45, 2.75) is 6.92 Å². The molecule has 0 aliphatic carbocycles. The van der Waals surface area contributed by atoms with Crippen LogP contribution in [0.5, 0.6) is 0 Å². The van der Waals surface area contributed by atoms with Crippen molar-refractivity contribution in [2.24, 2.45) is 0 Å². The van der Waals surface area contributed by atoms with Gasteiger partial charge in [-0.25, -0.2) is 0 Å². The first-order valence-electron chi connectivity index (χ1n) is 11.4. The van der Waals surface area contributed by atoms with E-state index in [1.807, 2.05) is 0 Å². The van der Waals surface area contributed by atoms with Crippen LogP contribution in [-0.4, -0.2) is 9.13 Å². The van der Waals surface area contributed by atoms with E-state index in [1.165, 1.54) is 60.5 Å². The molecule has 7 aromatic rings. The molecule has 33 heavy (non-hydrogen) atoms. The lowest BCUT2D eigenvalue weighted by Gasteiger charge is -2.12. The molecule has 0 aliphatic rings. The molecular formula is C31H22N2. The summed E-state index contributed by atoms with van der Waals surface area (Å²) in [6.07, 6.45) is 0. The SMILES string of the molecule is Cc1ccc2c(c1)c1ccc3c4ccccc4n(-c4ccccc4)c3c1n2-c1ccccc1. The average Bonchev–Trinajstić information content (AvgIpc) is 3.38. The molecule has 0 radical (unpaired) electrons. The Morgan fingerprint density at radius 1 is 0.424 bits per heavy atom. The van der Waals surface area contributed by atoms with E-state index in [0.29, 0.717) is 0 Å². The first kappa shape index (κ1) is 18.3. The molecule has 156 valence electrons. The molecular weight excluding hydrogens is 400 g/mol. The largest absolute Gasteiger partial charge is 0.307 e. The normalized spacial score (nSPS) is 11.8. The van der Waals surface area contributed by atoms with Gasteiger partial charge in [0.05, 0.1) is 22.1 Å². The van der Waals surface area contributed by atoms with Crippen molar-refractivity contribution in [3.63, 3.8) is 0 Å². The topological polar surface area (TPSA) is 9.86 Å². The van der Waals surface area contributed by atoms with Crippen molar-refractivity contribution in [2.75, 3.05) is 0 Å². The van der Waals surface area contributed by atoms with Crippen molar-refractivity contribution >= 4 is 43.6 Å². The van der Waals surface area contributed by atoms with E-state index >= 15 is 0 Å². The minimum absolute atomic E-state index is 1.18. The third-order valence-corrected chi connectivity index (χ3v) is 6.75. The zero-order valence-corrected chi connectivity index (χ0v) is 18.4. The van der Waals surface area contributed by atoms with E-state index in [1.54, 1.807) is 0 Å². The standard InChI is InChI=1S/C31H22N2/c1-21-16-19-29-27(20-21)26-18-17-25-24-14-8-9-15-28(24)32(22-10-4-2-5-11-22)30(25)31(26)33(29)23-12-6-3-7-13-23/h2-20H,1H3. The Labute approximate surface area is 191 Å². The molecule has 0 spiro atoms. The Balaban J connectivity index is 1.80. The maximum absolute atomic E-state index is 2.44. The summed E-state index contributed by atoms with van der Waals surface area (Å²) >= 11 is 0. The Morgan fingerprint density at radius 3 is 1.58 bits per heavy atom. The Bertz CT molecular complexity index is 1800. The van der Waals surface area contributed by atoms with Gasteiger partial charge in [0, 0.05) is 32.9 Å². The third-order valence-electron chi connectivity index (χ3n) is 6.75. The van der Waals surface area contributed by atoms with Gasteiger partial charge in [0.1, 0.15) is 0 Å². The molecule has 2 heterocycles. The summed E-state index contributed by atoms with van der Waals surface area (Å²) < 4.78 is 4.86. The van der Waals surface area contributed by atoms with Gasteiger partial charge in [-0.15, -0.1) is 0 Å². The van der Waals surface area contributed by atoms with Gasteiger partial charge in [-0.3, -0.25) is 0 Å². The fourth-order valence-corrected chi connectivity index (χ4v) is 5.36. The minimum Gasteiger partial charge on any atom is -0.307 e. The lowest BCUT2D eigenvalue weighted by atomic mass is 10.1. The van der Waals surface area contributed by atoms with Crippen LogP contribution in [0.2, 0.25) is 0 Å².